The summed E-state index contributed by atoms with van der Waals surface area (Å²) in [7, 11) is 0. The Kier molecular flexibility index (Phi) is 5.44. The van der Waals surface area contributed by atoms with Crippen molar-refractivity contribution in [3.63, 3.8) is 0 Å². The van der Waals surface area contributed by atoms with Crippen molar-refractivity contribution in [3.05, 3.63) is 64.8 Å². The SMILES string of the molecule is Fc1cc(-c2ccc(CC3CCC3)s2)ccc1-c1cc(F)c(N=C=S)c(F)c1. The molecule has 3 aromatic rings. The van der Waals surface area contributed by atoms with E-state index in [1.54, 1.807) is 23.5 Å². The molecule has 6 heteroatoms. The van der Waals surface area contributed by atoms with E-state index in [4.69, 9.17) is 0 Å². The molecule has 1 fully saturated rings. The Labute approximate surface area is 170 Å². The molecule has 1 heterocycles. The molecule has 0 atom stereocenters. The van der Waals surface area contributed by atoms with Crippen LogP contribution >= 0.6 is 23.6 Å². The number of isothiocyanates is 1. The molecule has 1 nitrogen and oxygen atoms in total. The molecule has 142 valence electrons. The lowest BCUT2D eigenvalue weighted by Crippen LogP contribution is -2.12. The molecule has 0 radical (unpaired) electrons. The van der Waals surface area contributed by atoms with Gasteiger partial charge in [-0.25, -0.2) is 13.2 Å². The molecule has 1 aromatic heterocycles. The molecule has 0 N–H and O–H groups in total. The minimum Gasteiger partial charge on any atom is -0.206 e. The van der Waals surface area contributed by atoms with Crippen molar-refractivity contribution in [3.8, 4) is 21.6 Å². The fourth-order valence-electron chi connectivity index (χ4n) is 3.40. The van der Waals surface area contributed by atoms with E-state index >= 15 is 0 Å². The van der Waals surface area contributed by atoms with Crippen molar-refractivity contribution in [1.82, 2.24) is 0 Å². The van der Waals surface area contributed by atoms with Crippen LogP contribution in [-0.2, 0) is 6.42 Å². The molecule has 1 aliphatic rings. The second-order valence-corrected chi connectivity index (χ2v) is 8.30. The maximum Gasteiger partial charge on any atom is 0.153 e. The number of rotatable bonds is 5. The highest BCUT2D eigenvalue weighted by molar-refractivity contribution is 7.78. The van der Waals surface area contributed by atoms with E-state index in [1.165, 1.54) is 30.2 Å². The number of nitrogens with zero attached hydrogens (tertiary/aromatic N) is 1. The van der Waals surface area contributed by atoms with E-state index in [1.807, 2.05) is 11.2 Å². The lowest BCUT2D eigenvalue weighted by molar-refractivity contribution is 0.316. The number of halogens is 3. The van der Waals surface area contributed by atoms with E-state index in [-0.39, 0.29) is 11.1 Å². The van der Waals surface area contributed by atoms with Gasteiger partial charge < -0.3 is 0 Å². The minimum absolute atomic E-state index is 0.110. The first kappa shape index (κ1) is 19.1. The summed E-state index contributed by atoms with van der Waals surface area (Å²) >= 11 is 6.06. The zero-order valence-electron chi connectivity index (χ0n) is 14.8. The summed E-state index contributed by atoms with van der Waals surface area (Å²) in [6.07, 6.45) is 4.98. The van der Waals surface area contributed by atoms with Gasteiger partial charge in [0, 0.05) is 15.3 Å². The molecule has 1 saturated carbocycles. The lowest BCUT2D eigenvalue weighted by atomic mass is 9.83. The van der Waals surface area contributed by atoms with Crippen molar-refractivity contribution < 1.29 is 13.2 Å². The molecule has 0 unspecified atom stereocenters. The van der Waals surface area contributed by atoms with Crippen molar-refractivity contribution in [2.45, 2.75) is 25.7 Å². The van der Waals surface area contributed by atoms with Gasteiger partial charge in [0.1, 0.15) is 11.5 Å². The van der Waals surface area contributed by atoms with Crippen molar-refractivity contribution in [2.75, 3.05) is 0 Å². The predicted octanol–water partition coefficient (Wildman–Crippen LogP) is 7.58. The molecule has 2 aromatic carbocycles. The molecular weight excluding hydrogens is 399 g/mol. The minimum atomic E-state index is -0.908. The van der Waals surface area contributed by atoms with Crippen LogP contribution in [0.4, 0.5) is 18.9 Å². The van der Waals surface area contributed by atoms with Gasteiger partial charge in [0.05, 0.1) is 5.16 Å². The molecule has 0 bridgehead atoms. The van der Waals surface area contributed by atoms with Crippen LogP contribution < -0.4 is 0 Å². The van der Waals surface area contributed by atoms with Gasteiger partial charge in [-0.3, -0.25) is 0 Å². The summed E-state index contributed by atoms with van der Waals surface area (Å²) in [5.41, 5.74) is 0.479. The quantitative estimate of drug-likeness (QED) is 0.309. The van der Waals surface area contributed by atoms with Crippen LogP contribution in [-0.4, -0.2) is 5.16 Å². The zero-order chi connectivity index (χ0) is 19.7. The zero-order valence-corrected chi connectivity index (χ0v) is 16.5. The fourth-order valence-corrected chi connectivity index (χ4v) is 4.61. The number of benzene rings is 2. The highest BCUT2D eigenvalue weighted by atomic mass is 32.1. The maximum absolute atomic E-state index is 14.7. The van der Waals surface area contributed by atoms with Gasteiger partial charge in [-0.2, -0.15) is 4.99 Å². The van der Waals surface area contributed by atoms with Gasteiger partial charge in [-0.05, 0) is 66.0 Å². The summed E-state index contributed by atoms with van der Waals surface area (Å²) in [6.45, 7) is 0. The average molecular weight is 416 g/mol. The van der Waals surface area contributed by atoms with Gasteiger partial charge >= 0.3 is 0 Å². The molecule has 0 spiro atoms. The second-order valence-electron chi connectivity index (χ2n) is 6.95. The molecule has 1 aliphatic carbocycles. The molecule has 0 amide bonds. The standard InChI is InChI=1S/C22H16F3NS2/c23-18-9-14(21-7-5-16(28-21)8-13-2-1-3-13)4-6-17(18)15-10-19(24)22(26-12-27)20(25)11-15/h4-7,9-11,13H,1-3,8H2. The molecular formula is C22H16F3NS2. The van der Waals surface area contributed by atoms with Crippen LogP contribution in [0.3, 0.4) is 0 Å². The predicted molar refractivity (Wildman–Crippen MR) is 111 cm³/mol. The summed E-state index contributed by atoms with van der Waals surface area (Å²) in [4.78, 5) is 5.67. The van der Waals surface area contributed by atoms with Crippen LogP contribution in [0.1, 0.15) is 24.1 Å². The molecule has 28 heavy (non-hydrogen) atoms. The summed E-state index contributed by atoms with van der Waals surface area (Å²) in [6, 6.07) is 10.9. The van der Waals surface area contributed by atoms with Crippen LogP contribution in [0.25, 0.3) is 21.6 Å². The monoisotopic (exact) mass is 415 g/mol. The van der Waals surface area contributed by atoms with Gasteiger partial charge in [-0.1, -0.05) is 31.4 Å². The third-order valence-electron chi connectivity index (χ3n) is 5.12. The van der Waals surface area contributed by atoms with Crippen molar-refractivity contribution >= 4 is 34.4 Å². The number of aliphatic imine (C=N–C) groups is 1. The second kappa shape index (κ2) is 8.00. The Morgan fingerprint density at radius 2 is 1.68 bits per heavy atom. The Morgan fingerprint density at radius 3 is 2.29 bits per heavy atom. The fraction of sp³-hybridized carbons (Fsp3) is 0.227. The molecule has 4 rings (SSSR count). The van der Waals surface area contributed by atoms with Gasteiger partial charge in [0.2, 0.25) is 0 Å². The number of thiophene rings is 1. The average Bonchev–Trinajstić information content (AvgIpc) is 3.10. The van der Waals surface area contributed by atoms with Crippen LogP contribution in [0.15, 0.2) is 47.5 Å². The Bertz CT molecular complexity index is 1060. The van der Waals surface area contributed by atoms with Crippen LogP contribution in [0, 0.1) is 23.4 Å². The van der Waals surface area contributed by atoms with Gasteiger partial charge in [0.15, 0.2) is 11.6 Å². The summed E-state index contributed by atoms with van der Waals surface area (Å²) in [5, 5.41) is 1.94. The summed E-state index contributed by atoms with van der Waals surface area (Å²) < 4.78 is 42.8. The summed E-state index contributed by atoms with van der Waals surface area (Å²) in [5.74, 6) is -1.57. The van der Waals surface area contributed by atoms with E-state index in [2.05, 4.69) is 23.3 Å². The first-order valence-corrected chi connectivity index (χ1v) is 10.2. The topological polar surface area (TPSA) is 12.4 Å². The van der Waals surface area contributed by atoms with E-state index in [9.17, 15) is 13.2 Å². The third-order valence-corrected chi connectivity index (χ3v) is 6.36. The number of hydrogen-bond acceptors (Lipinski definition) is 3. The maximum atomic E-state index is 14.7. The molecule has 0 aliphatic heterocycles. The van der Waals surface area contributed by atoms with E-state index in [0.717, 1.165) is 34.9 Å². The largest absolute Gasteiger partial charge is 0.206 e. The number of thiocarbonyl (C=S) groups is 1. The molecule has 0 saturated heterocycles. The smallest absolute Gasteiger partial charge is 0.153 e. The highest BCUT2D eigenvalue weighted by Crippen LogP contribution is 2.37. The first-order chi connectivity index (χ1) is 13.5. The van der Waals surface area contributed by atoms with Crippen LogP contribution in [0.5, 0.6) is 0 Å². The third kappa shape index (κ3) is 3.81. The van der Waals surface area contributed by atoms with Gasteiger partial charge in [-0.15, -0.1) is 11.3 Å². The van der Waals surface area contributed by atoms with Crippen molar-refractivity contribution in [2.24, 2.45) is 10.9 Å². The Hall–Kier alpha value is -2.27. The highest BCUT2D eigenvalue weighted by Gasteiger charge is 2.19. The van der Waals surface area contributed by atoms with Crippen LogP contribution in [0.2, 0.25) is 0 Å². The Balaban J connectivity index is 1.62. The first-order valence-electron chi connectivity index (χ1n) is 9.01. The Morgan fingerprint density at radius 1 is 0.964 bits per heavy atom. The lowest BCUT2D eigenvalue weighted by Gasteiger charge is -2.24. The van der Waals surface area contributed by atoms with Gasteiger partial charge in [0.25, 0.3) is 0 Å². The van der Waals surface area contributed by atoms with E-state index < -0.39 is 23.1 Å². The normalized spacial score (nSPS) is 13.8. The van der Waals surface area contributed by atoms with E-state index in [0.29, 0.717) is 0 Å². The number of hydrogen-bond donors (Lipinski definition) is 0. The van der Waals surface area contributed by atoms with Crippen molar-refractivity contribution in [1.29, 1.82) is 0 Å².